The molecule has 3 N–H and O–H groups in total. The number of benzene rings is 1. The highest BCUT2D eigenvalue weighted by Crippen LogP contribution is 2.29. The Labute approximate surface area is 121 Å². The minimum Gasteiger partial charge on any atom is -0.494 e. The van der Waals surface area contributed by atoms with E-state index in [1.54, 1.807) is 6.92 Å². The fourth-order valence-corrected chi connectivity index (χ4v) is 2.01. The minimum absolute atomic E-state index is 0.414. The first-order valence-electron chi connectivity index (χ1n) is 6.83. The zero-order valence-corrected chi connectivity index (χ0v) is 12.8. The van der Waals surface area contributed by atoms with Crippen LogP contribution in [0.2, 0.25) is 0 Å². The van der Waals surface area contributed by atoms with Crippen molar-refractivity contribution < 1.29 is 9.53 Å². The van der Waals surface area contributed by atoms with Crippen molar-refractivity contribution in [1.82, 2.24) is 10.2 Å². The van der Waals surface area contributed by atoms with Crippen molar-refractivity contribution in [3.8, 4) is 5.75 Å². The Morgan fingerprint density at radius 3 is 2.60 bits per heavy atom. The predicted molar refractivity (Wildman–Crippen MR) is 80.7 cm³/mol. The van der Waals surface area contributed by atoms with Crippen molar-refractivity contribution in [1.29, 1.82) is 0 Å². The second-order valence-corrected chi connectivity index (χ2v) is 5.15. The van der Waals surface area contributed by atoms with Gasteiger partial charge in [-0.1, -0.05) is 18.2 Å². The fraction of sp³-hybridized carbons (Fsp3) is 0.533. The van der Waals surface area contributed by atoms with Gasteiger partial charge in [0, 0.05) is 18.7 Å². The van der Waals surface area contributed by atoms with Gasteiger partial charge >= 0.3 is 0 Å². The number of nitrogens with one attached hydrogen (secondary N) is 1. The first kappa shape index (κ1) is 16.5. The van der Waals surface area contributed by atoms with Crippen LogP contribution in [0.15, 0.2) is 24.3 Å². The molecule has 0 aliphatic heterocycles. The number of carbonyl (C=O) groups is 1. The fourth-order valence-electron chi connectivity index (χ4n) is 2.01. The Morgan fingerprint density at radius 1 is 1.40 bits per heavy atom. The van der Waals surface area contributed by atoms with Crippen molar-refractivity contribution in [2.45, 2.75) is 19.4 Å². The summed E-state index contributed by atoms with van der Waals surface area (Å²) in [5.74, 6) is 0.275. The van der Waals surface area contributed by atoms with Gasteiger partial charge in [0.15, 0.2) is 0 Å². The van der Waals surface area contributed by atoms with Gasteiger partial charge < -0.3 is 15.4 Å². The van der Waals surface area contributed by atoms with E-state index in [1.165, 1.54) is 0 Å². The summed E-state index contributed by atoms with van der Waals surface area (Å²) in [6.07, 6.45) is 0. The van der Waals surface area contributed by atoms with Gasteiger partial charge in [0.25, 0.3) is 0 Å². The highest BCUT2D eigenvalue weighted by Gasteiger charge is 2.35. The number of amides is 1. The quantitative estimate of drug-likeness (QED) is 0.743. The third-order valence-corrected chi connectivity index (χ3v) is 3.26. The molecule has 1 unspecified atom stereocenters. The average molecular weight is 279 g/mol. The number of carbonyl (C=O) groups excluding carboxylic acids is 1. The number of para-hydroxylation sites is 1. The molecule has 0 aromatic heterocycles. The van der Waals surface area contributed by atoms with E-state index in [4.69, 9.17) is 10.5 Å². The lowest BCUT2D eigenvalue weighted by Gasteiger charge is -2.30. The maximum absolute atomic E-state index is 11.9. The highest BCUT2D eigenvalue weighted by atomic mass is 16.5. The van der Waals surface area contributed by atoms with E-state index < -0.39 is 11.4 Å². The molecule has 0 radical (unpaired) electrons. The van der Waals surface area contributed by atoms with Crippen molar-refractivity contribution >= 4 is 5.91 Å². The maximum atomic E-state index is 11.9. The summed E-state index contributed by atoms with van der Waals surface area (Å²) in [7, 11) is 3.97. The smallest absolute Gasteiger partial charge is 0.242 e. The van der Waals surface area contributed by atoms with E-state index in [0.717, 1.165) is 12.1 Å². The number of hydrogen-bond acceptors (Lipinski definition) is 4. The van der Waals surface area contributed by atoms with E-state index in [1.807, 2.05) is 50.2 Å². The minimum atomic E-state index is -0.943. The van der Waals surface area contributed by atoms with Gasteiger partial charge in [-0.05, 0) is 34.0 Å². The summed E-state index contributed by atoms with van der Waals surface area (Å²) in [6.45, 7) is 5.73. The van der Waals surface area contributed by atoms with E-state index >= 15 is 0 Å². The molecule has 0 aliphatic carbocycles. The van der Waals surface area contributed by atoms with Crippen LogP contribution in [-0.4, -0.2) is 44.6 Å². The molecule has 0 saturated carbocycles. The zero-order valence-electron chi connectivity index (χ0n) is 12.8. The molecule has 1 amide bonds. The lowest BCUT2D eigenvalue weighted by Crippen LogP contribution is -2.52. The monoisotopic (exact) mass is 279 g/mol. The van der Waals surface area contributed by atoms with Crippen LogP contribution in [0.25, 0.3) is 0 Å². The highest BCUT2D eigenvalue weighted by molar-refractivity contribution is 5.86. The van der Waals surface area contributed by atoms with Crippen LogP contribution < -0.4 is 15.8 Å². The predicted octanol–water partition coefficient (Wildman–Crippen LogP) is 0.937. The molecular weight excluding hydrogens is 254 g/mol. The van der Waals surface area contributed by atoms with Crippen LogP contribution in [-0.2, 0) is 10.3 Å². The number of primary amides is 1. The van der Waals surface area contributed by atoms with E-state index in [9.17, 15) is 4.79 Å². The normalized spacial score (nSPS) is 14.1. The van der Waals surface area contributed by atoms with Gasteiger partial charge in [0.1, 0.15) is 11.3 Å². The summed E-state index contributed by atoms with van der Waals surface area (Å²) in [6, 6.07) is 7.49. The van der Waals surface area contributed by atoms with Crippen LogP contribution in [0.5, 0.6) is 5.75 Å². The Bertz CT molecular complexity index is 448. The van der Waals surface area contributed by atoms with E-state index in [2.05, 4.69) is 5.32 Å². The molecule has 0 bridgehead atoms. The molecule has 1 aromatic rings. The largest absolute Gasteiger partial charge is 0.494 e. The summed E-state index contributed by atoms with van der Waals surface area (Å²) >= 11 is 0. The van der Waals surface area contributed by atoms with Crippen molar-refractivity contribution in [3.63, 3.8) is 0 Å². The third-order valence-electron chi connectivity index (χ3n) is 3.26. The van der Waals surface area contributed by atoms with Gasteiger partial charge in [-0.2, -0.15) is 0 Å². The summed E-state index contributed by atoms with van der Waals surface area (Å²) in [5, 5.41) is 3.25. The molecule has 0 saturated heterocycles. The molecular formula is C15H25N3O2. The SMILES string of the molecule is CCOc1ccccc1C(C)(NCCN(C)C)C(N)=O. The Hall–Kier alpha value is -1.59. The zero-order chi connectivity index (χ0) is 15.2. The first-order valence-corrected chi connectivity index (χ1v) is 6.83. The first-order chi connectivity index (χ1) is 9.41. The summed E-state index contributed by atoms with van der Waals surface area (Å²) in [5.41, 5.74) is 5.44. The second kappa shape index (κ2) is 7.26. The number of likely N-dealkylation sites (N-methyl/N-ethyl adjacent to an activating group) is 1. The molecule has 1 rings (SSSR count). The maximum Gasteiger partial charge on any atom is 0.242 e. The molecule has 1 atom stereocenters. The molecule has 20 heavy (non-hydrogen) atoms. The van der Waals surface area contributed by atoms with Crippen molar-refractivity contribution in [2.24, 2.45) is 5.73 Å². The molecule has 5 nitrogen and oxygen atoms in total. The third kappa shape index (κ3) is 3.95. The number of nitrogens with zero attached hydrogens (tertiary/aromatic N) is 1. The van der Waals surface area contributed by atoms with Crippen molar-refractivity contribution in [3.05, 3.63) is 29.8 Å². The van der Waals surface area contributed by atoms with Gasteiger partial charge in [-0.15, -0.1) is 0 Å². The van der Waals surface area contributed by atoms with Gasteiger partial charge in [0.2, 0.25) is 5.91 Å². The standard InChI is InChI=1S/C15H25N3O2/c1-5-20-13-9-7-6-8-12(13)15(2,14(16)19)17-10-11-18(3)4/h6-9,17H,5,10-11H2,1-4H3,(H2,16,19). The van der Waals surface area contributed by atoms with Gasteiger partial charge in [0.05, 0.1) is 6.61 Å². The summed E-state index contributed by atoms with van der Waals surface area (Å²) in [4.78, 5) is 14.0. The molecule has 1 aromatic carbocycles. The Kier molecular flexibility index (Phi) is 5.98. The Balaban J connectivity index is 3.03. The van der Waals surface area contributed by atoms with Gasteiger partial charge in [-0.3, -0.25) is 10.1 Å². The van der Waals surface area contributed by atoms with E-state index in [-0.39, 0.29) is 0 Å². The summed E-state index contributed by atoms with van der Waals surface area (Å²) < 4.78 is 5.60. The van der Waals surface area contributed by atoms with Crippen LogP contribution in [0, 0.1) is 0 Å². The molecule has 0 aliphatic rings. The molecule has 112 valence electrons. The lowest BCUT2D eigenvalue weighted by atomic mass is 9.90. The lowest BCUT2D eigenvalue weighted by molar-refractivity contribution is -0.124. The van der Waals surface area contributed by atoms with Crippen LogP contribution in [0.3, 0.4) is 0 Å². The second-order valence-electron chi connectivity index (χ2n) is 5.15. The molecule has 5 heteroatoms. The number of ether oxygens (including phenoxy) is 1. The topological polar surface area (TPSA) is 67.6 Å². The number of hydrogen-bond donors (Lipinski definition) is 2. The number of nitrogens with two attached hydrogens (primary N) is 1. The van der Waals surface area contributed by atoms with E-state index in [0.29, 0.717) is 18.9 Å². The van der Waals surface area contributed by atoms with Crippen LogP contribution in [0.1, 0.15) is 19.4 Å². The number of rotatable bonds is 8. The van der Waals surface area contributed by atoms with Gasteiger partial charge in [-0.25, -0.2) is 0 Å². The molecule has 0 fully saturated rings. The Morgan fingerprint density at radius 2 is 2.05 bits per heavy atom. The molecule has 0 spiro atoms. The average Bonchev–Trinajstić information content (AvgIpc) is 2.38. The van der Waals surface area contributed by atoms with Crippen LogP contribution >= 0.6 is 0 Å². The van der Waals surface area contributed by atoms with Crippen LogP contribution in [0.4, 0.5) is 0 Å². The molecule has 0 heterocycles. The van der Waals surface area contributed by atoms with Crippen molar-refractivity contribution in [2.75, 3.05) is 33.8 Å².